The minimum absolute atomic E-state index is 0.187. The molecule has 0 N–H and O–H groups in total. The normalized spacial score (nSPS) is 11.4. The molecule has 0 fully saturated rings. The lowest BCUT2D eigenvalue weighted by molar-refractivity contribution is 0.275. The van der Waals surface area contributed by atoms with Gasteiger partial charge in [0.05, 0.1) is 17.8 Å². The second-order valence-electron chi connectivity index (χ2n) is 4.06. The van der Waals surface area contributed by atoms with Gasteiger partial charge < -0.3 is 9.05 Å². The third-order valence-corrected chi connectivity index (χ3v) is 4.90. The fourth-order valence-electron chi connectivity index (χ4n) is 2.01. The van der Waals surface area contributed by atoms with Gasteiger partial charge in [-0.1, -0.05) is 30.3 Å². The quantitative estimate of drug-likeness (QED) is 0.798. The summed E-state index contributed by atoms with van der Waals surface area (Å²) in [6.45, 7) is 0. The van der Waals surface area contributed by atoms with Crippen LogP contribution in [0.25, 0.3) is 10.8 Å². The predicted molar refractivity (Wildman–Crippen MR) is 74.0 cm³/mol. The largest absolute Gasteiger partial charge is 0.334 e. The zero-order valence-electron chi connectivity index (χ0n) is 10.8. The standard InChI is InChI=1S/C14H14NO3P/c1-17-19(16,18-2)10-12-8-7-11(9-15)13-5-3-4-6-14(12)13/h3-8H,10H2,1-2H3. The lowest BCUT2D eigenvalue weighted by Crippen LogP contribution is -1.95. The number of nitriles is 1. The summed E-state index contributed by atoms with van der Waals surface area (Å²) in [7, 11) is -0.372. The van der Waals surface area contributed by atoms with Crippen LogP contribution in [0.5, 0.6) is 0 Å². The summed E-state index contributed by atoms with van der Waals surface area (Å²) in [4.78, 5) is 0. The molecule has 0 bridgehead atoms. The summed E-state index contributed by atoms with van der Waals surface area (Å²) in [6.07, 6.45) is 0.187. The third kappa shape index (κ3) is 2.69. The van der Waals surface area contributed by atoms with Gasteiger partial charge in [0, 0.05) is 14.2 Å². The van der Waals surface area contributed by atoms with Gasteiger partial charge in [-0.15, -0.1) is 0 Å². The highest BCUT2D eigenvalue weighted by Crippen LogP contribution is 2.50. The van der Waals surface area contributed by atoms with Crippen LogP contribution in [0.1, 0.15) is 11.1 Å². The number of hydrogen-bond donors (Lipinski definition) is 0. The molecule has 0 saturated carbocycles. The number of benzene rings is 2. The summed E-state index contributed by atoms with van der Waals surface area (Å²) in [5.41, 5.74) is 1.45. The molecule has 19 heavy (non-hydrogen) atoms. The number of hydrogen-bond acceptors (Lipinski definition) is 4. The maximum absolute atomic E-state index is 12.2. The predicted octanol–water partition coefficient (Wildman–Crippen LogP) is 3.70. The van der Waals surface area contributed by atoms with E-state index >= 15 is 0 Å². The molecule has 4 nitrogen and oxygen atoms in total. The first-order chi connectivity index (χ1) is 9.13. The summed E-state index contributed by atoms with van der Waals surface area (Å²) >= 11 is 0. The van der Waals surface area contributed by atoms with Crippen LogP contribution >= 0.6 is 7.60 Å². The van der Waals surface area contributed by atoms with E-state index in [0.29, 0.717) is 5.56 Å². The Morgan fingerprint density at radius 1 is 1.11 bits per heavy atom. The maximum atomic E-state index is 12.2. The van der Waals surface area contributed by atoms with Gasteiger partial charge in [-0.2, -0.15) is 5.26 Å². The van der Waals surface area contributed by atoms with E-state index in [1.165, 1.54) is 14.2 Å². The first kappa shape index (κ1) is 13.8. The van der Waals surface area contributed by atoms with Gasteiger partial charge in [0.15, 0.2) is 0 Å². The molecule has 2 aromatic carbocycles. The molecule has 5 heteroatoms. The molecule has 0 aromatic heterocycles. The molecule has 98 valence electrons. The van der Waals surface area contributed by atoms with Crippen molar-refractivity contribution < 1.29 is 13.6 Å². The van der Waals surface area contributed by atoms with Crippen molar-refractivity contribution in [2.24, 2.45) is 0 Å². The number of nitrogens with zero attached hydrogens (tertiary/aromatic N) is 1. The minimum atomic E-state index is -3.11. The minimum Gasteiger partial charge on any atom is -0.312 e. The van der Waals surface area contributed by atoms with Gasteiger partial charge in [-0.25, -0.2) is 0 Å². The van der Waals surface area contributed by atoms with Crippen LogP contribution in [0.4, 0.5) is 0 Å². The van der Waals surface area contributed by atoms with Gasteiger partial charge in [0.1, 0.15) is 0 Å². The van der Waals surface area contributed by atoms with Crippen molar-refractivity contribution in [2.45, 2.75) is 6.16 Å². The van der Waals surface area contributed by atoms with Crippen LogP contribution in [-0.2, 0) is 19.8 Å². The number of fused-ring (bicyclic) bond motifs is 1. The molecule has 0 atom stereocenters. The van der Waals surface area contributed by atoms with Crippen molar-refractivity contribution in [1.82, 2.24) is 0 Å². The van der Waals surface area contributed by atoms with E-state index in [0.717, 1.165) is 16.3 Å². The monoisotopic (exact) mass is 275 g/mol. The second-order valence-corrected chi connectivity index (χ2v) is 6.33. The highest BCUT2D eigenvalue weighted by molar-refractivity contribution is 7.53. The Hall–Kier alpha value is -1.66. The Morgan fingerprint density at radius 3 is 2.32 bits per heavy atom. The fraction of sp³-hybridized carbons (Fsp3) is 0.214. The lowest BCUT2D eigenvalue weighted by Gasteiger charge is -2.15. The fourth-order valence-corrected chi connectivity index (χ4v) is 3.11. The zero-order chi connectivity index (χ0) is 13.9. The van der Waals surface area contributed by atoms with Crippen molar-refractivity contribution in [1.29, 1.82) is 5.26 Å². The highest BCUT2D eigenvalue weighted by Gasteiger charge is 2.23. The Morgan fingerprint density at radius 2 is 1.74 bits per heavy atom. The third-order valence-electron chi connectivity index (χ3n) is 3.06. The molecular weight excluding hydrogens is 261 g/mol. The van der Waals surface area contributed by atoms with Crippen LogP contribution in [0.15, 0.2) is 36.4 Å². The Balaban J connectivity index is 2.58. The maximum Gasteiger partial charge on any atom is 0.334 e. The van der Waals surface area contributed by atoms with Crippen molar-refractivity contribution in [3.05, 3.63) is 47.5 Å². The van der Waals surface area contributed by atoms with E-state index in [1.807, 2.05) is 24.3 Å². The number of rotatable bonds is 4. The average molecular weight is 275 g/mol. The lowest BCUT2D eigenvalue weighted by atomic mass is 10.0. The summed E-state index contributed by atoms with van der Waals surface area (Å²) in [5, 5.41) is 10.8. The van der Waals surface area contributed by atoms with Crippen LogP contribution < -0.4 is 0 Å². The second kappa shape index (κ2) is 5.54. The Kier molecular flexibility index (Phi) is 4.01. The van der Waals surface area contributed by atoms with Crippen LogP contribution in [0.2, 0.25) is 0 Å². The molecule has 0 unspecified atom stereocenters. The van der Waals surface area contributed by atoms with Gasteiger partial charge in [0.25, 0.3) is 0 Å². The molecule has 0 saturated heterocycles. The van der Waals surface area contributed by atoms with E-state index < -0.39 is 7.60 Å². The molecule has 0 spiro atoms. The molecule has 0 radical (unpaired) electrons. The van der Waals surface area contributed by atoms with Crippen molar-refractivity contribution >= 4 is 18.4 Å². The topological polar surface area (TPSA) is 59.3 Å². The molecule has 0 aliphatic heterocycles. The van der Waals surface area contributed by atoms with Crippen molar-refractivity contribution in [2.75, 3.05) is 14.2 Å². The first-order valence-electron chi connectivity index (χ1n) is 5.75. The summed E-state index contributed by atoms with van der Waals surface area (Å²) in [5.74, 6) is 0. The SMILES string of the molecule is COP(=O)(Cc1ccc(C#N)c2ccccc12)OC. The van der Waals surface area contributed by atoms with Gasteiger partial charge in [-0.05, 0) is 22.4 Å². The van der Waals surface area contributed by atoms with Gasteiger partial charge in [0.2, 0.25) is 0 Å². The summed E-state index contributed by atoms with van der Waals surface area (Å²) in [6, 6.07) is 13.2. The van der Waals surface area contributed by atoms with Crippen molar-refractivity contribution in [3.8, 4) is 6.07 Å². The van der Waals surface area contributed by atoms with Crippen molar-refractivity contribution in [3.63, 3.8) is 0 Å². The first-order valence-corrected chi connectivity index (χ1v) is 7.47. The van der Waals surface area contributed by atoms with E-state index in [1.54, 1.807) is 12.1 Å². The Bertz CT molecular complexity index is 683. The van der Waals surface area contributed by atoms with Crippen LogP contribution in [0, 0.1) is 11.3 Å². The summed E-state index contributed by atoms with van der Waals surface area (Å²) < 4.78 is 22.1. The van der Waals surface area contributed by atoms with Crippen LogP contribution in [-0.4, -0.2) is 14.2 Å². The molecule has 2 rings (SSSR count). The van der Waals surface area contributed by atoms with E-state index in [9.17, 15) is 4.57 Å². The smallest absolute Gasteiger partial charge is 0.312 e. The molecule has 0 heterocycles. The highest BCUT2D eigenvalue weighted by atomic mass is 31.2. The van der Waals surface area contributed by atoms with Gasteiger partial charge in [-0.3, -0.25) is 4.57 Å². The molecule has 0 aliphatic carbocycles. The molecule has 0 amide bonds. The molecule has 0 aliphatic rings. The molecule has 2 aromatic rings. The molecular formula is C14H14NO3P. The van der Waals surface area contributed by atoms with Crippen LogP contribution in [0.3, 0.4) is 0 Å². The van der Waals surface area contributed by atoms with E-state index in [-0.39, 0.29) is 6.16 Å². The average Bonchev–Trinajstić information content (AvgIpc) is 2.47. The van der Waals surface area contributed by atoms with Gasteiger partial charge >= 0.3 is 7.60 Å². The zero-order valence-corrected chi connectivity index (χ0v) is 11.7. The van der Waals surface area contributed by atoms with E-state index in [4.69, 9.17) is 14.3 Å². The Labute approximate surface area is 112 Å². The van der Waals surface area contributed by atoms with E-state index in [2.05, 4.69) is 6.07 Å².